The van der Waals surface area contributed by atoms with Gasteiger partial charge < -0.3 is 5.73 Å². The molecule has 0 bridgehead atoms. The van der Waals surface area contributed by atoms with Gasteiger partial charge in [0.2, 0.25) is 5.91 Å². The summed E-state index contributed by atoms with van der Waals surface area (Å²) in [5.74, 6) is 0.858. The molecule has 0 radical (unpaired) electrons. The van der Waals surface area contributed by atoms with E-state index in [9.17, 15) is 4.79 Å². The van der Waals surface area contributed by atoms with Crippen LogP contribution in [0.1, 0.15) is 32.1 Å². The predicted octanol–water partition coefficient (Wildman–Crippen LogP) is 3.01. The van der Waals surface area contributed by atoms with Crippen LogP contribution in [0.25, 0.3) is 0 Å². The molecule has 2 N–H and O–H groups in total. The van der Waals surface area contributed by atoms with Crippen LogP contribution >= 0.6 is 11.8 Å². The van der Waals surface area contributed by atoms with E-state index in [-0.39, 0.29) is 10.8 Å². The van der Waals surface area contributed by atoms with Crippen LogP contribution in [0.4, 0.5) is 11.4 Å². The van der Waals surface area contributed by atoms with E-state index < -0.39 is 0 Å². The van der Waals surface area contributed by atoms with Crippen LogP contribution in [-0.4, -0.2) is 16.5 Å². The summed E-state index contributed by atoms with van der Waals surface area (Å²) < 4.78 is 0. The fourth-order valence-corrected chi connectivity index (χ4v) is 4.46. The minimum atomic E-state index is 0.0193. The van der Waals surface area contributed by atoms with Crippen LogP contribution in [0, 0.1) is 0 Å². The highest BCUT2D eigenvalue weighted by molar-refractivity contribution is 8.02. The number of thioether (sulfide) groups is 1. The van der Waals surface area contributed by atoms with Crippen molar-refractivity contribution >= 4 is 29.0 Å². The summed E-state index contributed by atoms with van der Waals surface area (Å²) >= 11 is 1.83. The van der Waals surface area contributed by atoms with E-state index >= 15 is 0 Å². The van der Waals surface area contributed by atoms with E-state index in [1.807, 2.05) is 40.9 Å². The number of nitrogens with two attached hydrogens (primary N) is 1. The Bertz CT molecular complexity index is 451. The fraction of sp³-hybridized carbons (Fsp3) is 0.500. The van der Waals surface area contributed by atoms with Crippen LogP contribution in [0.2, 0.25) is 0 Å². The van der Waals surface area contributed by atoms with Crippen molar-refractivity contribution in [2.24, 2.45) is 0 Å². The van der Waals surface area contributed by atoms with Crippen LogP contribution in [0.3, 0.4) is 0 Å². The van der Waals surface area contributed by atoms with Crippen LogP contribution < -0.4 is 10.6 Å². The van der Waals surface area contributed by atoms with Gasteiger partial charge in [-0.1, -0.05) is 19.3 Å². The zero-order valence-electron chi connectivity index (χ0n) is 10.4. The number of nitrogen functional groups attached to an aromatic ring is 1. The van der Waals surface area contributed by atoms with Gasteiger partial charge in [-0.2, -0.15) is 0 Å². The van der Waals surface area contributed by atoms with Gasteiger partial charge in [0.15, 0.2) is 0 Å². The average Bonchev–Trinajstić information content (AvgIpc) is 2.69. The summed E-state index contributed by atoms with van der Waals surface area (Å²) in [7, 11) is 0. The van der Waals surface area contributed by atoms with Crippen LogP contribution in [0.5, 0.6) is 0 Å². The van der Waals surface area contributed by atoms with Crippen molar-refractivity contribution in [1.29, 1.82) is 0 Å². The van der Waals surface area contributed by atoms with Gasteiger partial charge in [0.1, 0.15) is 0 Å². The molecule has 2 fully saturated rings. The number of hydrogen-bond donors (Lipinski definition) is 1. The Balaban J connectivity index is 1.96. The molecule has 0 unspecified atom stereocenters. The quantitative estimate of drug-likeness (QED) is 0.791. The molecule has 1 saturated carbocycles. The van der Waals surface area contributed by atoms with Crippen molar-refractivity contribution < 1.29 is 4.79 Å². The highest BCUT2D eigenvalue weighted by atomic mass is 32.2. The van der Waals surface area contributed by atoms with Gasteiger partial charge in [-0.15, -0.1) is 11.8 Å². The zero-order valence-corrected chi connectivity index (χ0v) is 11.2. The Hall–Kier alpha value is -1.16. The molecule has 1 heterocycles. The molecule has 4 heteroatoms. The Morgan fingerprint density at radius 3 is 2.44 bits per heavy atom. The summed E-state index contributed by atoms with van der Waals surface area (Å²) in [5.41, 5.74) is 7.47. The number of anilines is 2. The minimum Gasteiger partial charge on any atom is -0.399 e. The number of nitrogens with zero attached hydrogens (tertiary/aromatic N) is 1. The third kappa shape index (κ3) is 1.88. The number of amides is 1. The summed E-state index contributed by atoms with van der Waals surface area (Å²) in [6, 6.07) is 7.69. The molecule has 2 aliphatic rings. The molecule has 1 aromatic rings. The first kappa shape index (κ1) is 11.9. The first-order chi connectivity index (χ1) is 8.71. The van der Waals surface area contributed by atoms with Gasteiger partial charge in [0.25, 0.3) is 0 Å². The second kappa shape index (κ2) is 4.50. The maximum absolute atomic E-state index is 12.2. The van der Waals surface area contributed by atoms with Crippen molar-refractivity contribution in [3.05, 3.63) is 24.3 Å². The smallest absolute Gasteiger partial charge is 0.238 e. The molecule has 0 atom stereocenters. The van der Waals surface area contributed by atoms with E-state index in [2.05, 4.69) is 0 Å². The van der Waals surface area contributed by atoms with E-state index in [0.29, 0.717) is 5.75 Å². The summed E-state index contributed by atoms with van der Waals surface area (Å²) in [5, 5.41) is 0. The average molecular weight is 262 g/mol. The fourth-order valence-electron chi connectivity index (χ4n) is 3.03. The lowest BCUT2D eigenvalue weighted by atomic mass is 9.93. The third-order valence-electron chi connectivity index (χ3n) is 3.91. The lowest BCUT2D eigenvalue weighted by molar-refractivity contribution is -0.116. The molecular weight excluding hydrogens is 244 g/mol. The van der Waals surface area contributed by atoms with E-state index in [1.54, 1.807) is 0 Å². The lowest BCUT2D eigenvalue weighted by Gasteiger charge is -2.40. The molecule has 96 valence electrons. The normalized spacial score (nSPS) is 22.7. The predicted molar refractivity (Wildman–Crippen MR) is 76.6 cm³/mol. The number of rotatable bonds is 1. The second-order valence-corrected chi connectivity index (χ2v) is 6.45. The molecule has 1 aromatic carbocycles. The maximum atomic E-state index is 12.2. The van der Waals surface area contributed by atoms with Gasteiger partial charge in [0, 0.05) is 11.4 Å². The van der Waals surface area contributed by atoms with E-state index in [1.165, 1.54) is 19.3 Å². The largest absolute Gasteiger partial charge is 0.399 e. The molecule has 1 aliphatic carbocycles. The molecule has 0 aromatic heterocycles. The molecule has 3 nitrogen and oxygen atoms in total. The maximum Gasteiger partial charge on any atom is 0.238 e. The monoisotopic (exact) mass is 262 g/mol. The number of benzene rings is 1. The third-order valence-corrected chi connectivity index (χ3v) is 5.43. The number of carbonyl (C=O) groups is 1. The lowest BCUT2D eigenvalue weighted by Crippen LogP contribution is -2.45. The van der Waals surface area contributed by atoms with Crippen molar-refractivity contribution in [3.63, 3.8) is 0 Å². The van der Waals surface area contributed by atoms with Gasteiger partial charge in [0.05, 0.1) is 10.6 Å². The van der Waals surface area contributed by atoms with Crippen molar-refractivity contribution in [2.75, 3.05) is 16.4 Å². The molecule has 1 saturated heterocycles. The number of carbonyl (C=O) groups excluding carboxylic acids is 1. The van der Waals surface area contributed by atoms with Crippen LogP contribution in [-0.2, 0) is 4.79 Å². The molecule has 1 spiro atoms. The van der Waals surface area contributed by atoms with Gasteiger partial charge in [-0.25, -0.2) is 0 Å². The van der Waals surface area contributed by atoms with Gasteiger partial charge in [-0.3, -0.25) is 9.69 Å². The van der Waals surface area contributed by atoms with Gasteiger partial charge in [-0.05, 0) is 37.1 Å². The topological polar surface area (TPSA) is 46.3 Å². The summed E-state index contributed by atoms with van der Waals surface area (Å²) in [4.78, 5) is 14.3. The van der Waals surface area contributed by atoms with E-state index in [0.717, 1.165) is 24.2 Å². The Morgan fingerprint density at radius 2 is 1.78 bits per heavy atom. The first-order valence-electron chi connectivity index (χ1n) is 6.54. The molecular formula is C14H18N2OS. The van der Waals surface area contributed by atoms with Gasteiger partial charge >= 0.3 is 0 Å². The standard InChI is InChI=1S/C14H18N2OS/c15-11-4-6-12(7-5-11)16-13(17)10-18-14(16)8-2-1-3-9-14/h4-7H,1-3,8-10,15H2. The minimum absolute atomic E-state index is 0.0193. The number of hydrogen-bond acceptors (Lipinski definition) is 3. The van der Waals surface area contributed by atoms with E-state index in [4.69, 9.17) is 5.73 Å². The molecule has 1 aliphatic heterocycles. The Kier molecular flexibility index (Phi) is 2.98. The highest BCUT2D eigenvalue weighted by Gasteiger charge is 2.47. The highest BCUT2D eigenvalue weighted by Crippen LogP contribution is 2.48. The Labute approximate surface area is 112 Å². The zero-order chi connectivity index (χ0) is 12.6. The van der Waals surface area contributed by atoms with Crippen molar-refractivity contribution in [2.45, 2.75) is 37.0 Å². The Morgan fingerprint density at radius 1 is 1.11 bits per heavy atom. The summed E-state index contributed by atoms with van der Waals surface area (Å²) in [6.07, 6.45) is 5.99. The summed E-state index contributed by atoms with van der Waals surface area (Å²) in [6.45, 7) is 0. The molecule has 1 amide bonds. The SMILES string of the molecule is Nc1ccc(N2C(=O)CSC23CCCCC3)cc1. The van der Waals surface area contributed by atoms with Crippen LogP contribution in [0.15, 0.2) is 24.3 Å². The van der Waals surface area contributed by atoms with Crippen molar-refractivity contribution in [3.8, 4) is 0 Å². The van der Waals surface area contributed by atoms with Crippen molar-refractivity contribution in [1.82, 2.24) is 0 Å². The molecule has 3 rings (SSSR count). The first-order valence-corrected chi connectivity index (χ1v) is 7.52. The second-order valence-electron chi connectivity index (χ2n) is 5.12. The molecule has 18 heavy (non-hydrogen) atoms.